The summed E-state index contributed by atoms with van der Waals surface area (Å²) in [6.45, 7) is 3.38. The number of carboxylic acids is 1. The molecule has 1 saturated carbocycles. The summed E-state index contributed by atoms with van der Waals surface area (Å²) in [6, 6.07) is -0.404. The lowest BCUT2D eigenvalue weighted by Gasteiger charge is -2.15. The number of azide groups is 1. The van der Waals surface area contributed by atoms with E-state index in [4.69, 9.17) is 16.4 Å². The molecule has 0 bridgehead atoms. The molecule has 1 aliphatic carbocycles. The van der Waals surface area contributed by atoms with Gasteiger partial charge in [-0.3, -0.25) is 4.79 Å². The molecule has 1 rings (SSSR count). The minimum atomic E-state index is -1.08. The second kappa shape index (κ2) is 8.84. The molecule has 0 radical (unpaired) electrons. The van der Waals surface area contributed by atoms with Gasteiger partial charge >= 0.3 is 5.97 Å². The van der Waals surface area contributed by atoms with Crippen LogP contribution in [0.3, 0.4) is 0 Å². The van der Waals surface area contributed by atoms with E-state index in [1.165, 1.54) is 32.1 Å². The van der Waals surface area contributed by atoms with E-state index < -0.39 is 12.0 Å². The number of nitrogens with zero attached hydrogens (tertiary/aromatic N) is 3. The van der Waals surface area contributed by atoms with Crippen LogP contribution in [-0.4, -0.2) is 23.2 Å². The Hall–Kier alpha value is -1.26. The molecule has 0 aromatic rings. The van der Waals surface area contributed by atoms with Gasteiger partial charge in [-0.1, -0.05) is 38.2 Å². The van der Waals surface area contributed by atoms with Crippen molar-refractivity contribution >= 4 is 5.97 Å². The molecule has 1 atom stereocenters. The molecule has 6 heteroatoms. The average Bonchev–Trinajstić information content (AvgIpc) is 2.27. The lowest BCUT2D eigenvalue weighted by atomic mass is 9.97. The molecule has 0 spiro atoms. The predicted octanol–water partition coefficient (Wildman–Crippen LogP) is 2.68. The van der Waals surface area contributed by atoms with E-state index in [0.717, 1.165) is 0 Å². The van der Waals surface area contributed by atoms with Gasteiger partial charge in [0.1, 0.15) is 6.04 Å². The summed E-state index contributed by atoms with van der Waals surface area (Å²) >= 11 is 0. The van der Waals surface area contributed by atoms with E-state index in [1.54, 1.807) is 13.8 Å². The summed E-state index contributed by atoms with van der Waals surface area (Å²) in [6.07, 6.45) is 6.66. The van der Waals surface area contributed by atoms with Crippen LogP contribution in [0, 0.1) is 5.92 Å². The third-order valence-electron chi connectivity index (χ3n) is 2.71. The average molecular weight is 242 g/mol. The Kier molecular flexibility index (Phi) is 8.19. The summed E-state index contributed by atoms with van der Waals surface area (Å²) in [5.74, 6) is -1.23. The van der Waals surface area contributed by atoms with Gasteiger partial charge < -0.3 is 10.8 Å². The van der Waals surface area contributed by atoms with Crippen LogP contribution >= 0.6 is 0 Å². The van der Waals surface area contributed by atoms with Gasteiger partial charge in [0, 0.05) is 11.0 Å². The molecule has 1 aliphatic rings. The highest BCUT2D eigenvalue weighted by Crippen LogP contribution is 2.14. The summed E-state index contributed by atoms with van der Waals surface area (Å²) in [5, 5.41) is 11.5. The first kappa shape index (κ1) is 15.7. The molecule has 0 aromatic carbocycles. The van der Waals surface area contributed by atoms with Gasteiger partial charge in [-0.25, -0.2) is 0 Å². The van der Waals surface area contributed by atoms with Gasteiger partial charge in [0.2, 0.25) is 0 Å². The molecule has 17 heavy (non-hydrogen) atoms. The monoisotopic (exact) mass is 242 g/mol. The first-order valence-corrected chi connectivity index (χ1v) is 6.01. The van der Waals surface area contributed by atoms with E-state index in [1.807, 2.05) is 0 Å². The van der Waals surface area contributed by atoms with E-state index in [2.05, 4.69) is 10.0 Å². The number of rotatable bonds is 3. The fraction of sp³-hybridized carbons (Fsp3) is 0.909. The Balaban J connectivity index is 0.000000318. The predicted molar refractivity (Wildman–Crippen MR) is 66.5 cm³/mol. The van der Waals surface area contributed by atoms with Gasteiger partial charge in [0.15, 0.2) is 0 Å². The Morgan fingerprint density at radius 1 is 1.41 bits per heavy atom. The Labute approximate surface area is 102 Å². The van der Waals surface area contributed by atoms with Gasteiger partial charge in [-0.15, -0.1) is 0 Å². The van der Waals surface area contributed by atoms with Crippen molar-refractivity contribution in [2.45, 2.75) is 58.0 Å². The smallest absolute Gasteiger partial charge is 0.312 e. The number of nitrogens with two attached hydrogens (primary N) is 1. The third-order valence-corrected chi connectivity index (χ3v) is 2.71. The third kappa shape index (κ3) is 7.60. The Bertz CT molecular complexity index is 267. The van der Waals surface area contributed by atoms with E-state index in [-0.39, 0.29) is 5.92 Å². The molecule has 1 unspecified atom stereocenters. The Morgan fingerprint density at radius 3 is 2.12 bits per heavy atom. The number of carboxylic acid groups (broad SMARTS) is 1. The summed E-state index contributed by atoms with van der Waals surface area (Å²) in [4.78, 5) is 12.7. The molecule has 0 heterocycles. The zero-order valence-corrected chi connectivity index (χ0v) is 10.5. The van der Waals surface area contributed by atoms with Crippen molar-refractivity contribution in [3.8, 4) is 0 Å². The molecule has 1 fully saturated rings. The van der Waals surface area contributed by atoms with Crippen LogP contribution in [0.4, 0.5) is 0 Å². The lowest BCUT2D eigenvalue weighted by molar-refractivity contribution is -0.139. The lowest BCUT2D eigenvalue weighted by Crippen LogP contribution is -2.22. The summed E-state index contributed by atoms with van der Waals surface area (Å²) < 4.78 is 0. The van der Waals surface area contributed by atoms with Gasteiger partial charge in [-0.2, -0.15) is 0 Å². The molecule has 0 saturated heterocycles. The SMILES string of the molecule is CC(C)C(N=[N+]=[N-])C(=O)O.NC1CCCCC1. The van der Waals surface area contributed by atoms with Crippen molar-refractivity contribution in [3.05, 3.63) is 10.4 Å². The number of aliphatic carboxylic acids is 1. The fourth-order valence-electron chi connectivity index (χ4n) is 1.66. The van der Waals surface area contributed by atoms with Gasteiger partial charge in [-0.05, 0) is 24.3 Å². The topological polar surface area (TPSA) is 112 Å². The highest BCUT2D eigenvalue weighted by molar-refractivity contribution is 5.73. The van der Waals surface area contributed by atoms with Crippen molar-refractivity contribution in [3.63, 3.8) is 0 Å². The van der Waals surface area contributed by atoms with Crippen LogP contribution in [0.2, 0.25) is 0 Å². The minimum Gasteiger partial charge on any atom is -0.481 e. The van der Waals surface area contributed by atoms with Gasteiger partial charge in [0.25, 0.3) is 0 Å². The molecule has 98 valence electrons. The second-order valence-corrected chi connectivity index (χ2v) is 4.63. The normalized spacial score (nSPS) is 17.6. The summed E-state index contributed by atoms with van der Waals surface area (Å²) in [7, 11) is 0. The second-order valence-electron chi connectivity index (χ2n) is 4.63. The molecule has 3 N–H and O–H groups in total. The molecule has 0 aliphatic heterocycles. The number of carbonyl (C=O) groups is 1. The highest BCUT2D eigenvalue weighted by atomic mass is 16.4. The number of hydrogen-bond donors (Lipinski definition) is 2. The first-order chi connectivity index (χ1) is 7.99. The standard InChI is InChI=1S/C6H13N.C5H9N3O2/c7-6-4-2-1-3-5-6;1-3(2)4(5(9)10)7-8-6/h6H,1-5,7H2;3-4H,1-2H3,(H,9,10). The quantitative estimate of drug-likeness (QED) is 0.450. The van der Waals surface area contributed by atoms with Gasteiger partial charge in [0.05, 0.1) is 0 Å². The molecular formula is C11H22N4O2. The van der Waals surface area contributed by atoms with Crippen molar-refractivity contribution in [1.82, 2.24) is 0 Å². The van der Waals surface area contributed by atoms with Crippen molar-refractivity contribution in [2.75, 3.05) is 0 Å². The Morgan fingerprint density at radius 2 is 1.94 bits per heavy atom. The molecule has 0 amide bonds. The van der Waals surface area contributed by atoms with Crippen molar-refractivity contribution in [2.24, 2.45) is 16.8 Å². The van der Waals surface area contributed by atoms with Crippen LogP contribution in [0.15, 0.2) is 5.11 Å². The molecule has 0 aromatic heterocycles. The first-order valence-electron chi connectivity index (χ1n) is 6.01. The molecular weight excluding hydrogens is 220 g/mol. The minimum absolute atomic E-state index is 0.159. The zero-order valence-electron chi connectivity index (χ0n) is 10.5. The maximum Gasteiger partial charge on any atom is 0.312 e. The van der Waals surface area contributed by atoms with Crippen molar-refractivity contribution < 1.29 is 9.90 Å². The van der Waals surface area contributed by atoms with E-state index in [9.17, 15) is 4.79 Å². The maximum atomic E-state index is 10.3. The van der Waals surface area contributed by atoms with Crippen LogP contribution in [0.5, 0.6) is 0 Å². The summed E-state index contributed by atoms with van der Waals surface area (Å²) in [5.41, 5.74) is 13.6. The number of hydrogen-bond acceptors (Lipinski definition) is 3. The van der Waals surface area contributed by atoms with Crippen LogP contribution in [0.1, 0.15) is 46.0 Å². The zero-order chi connectivity index (χ0) is 13.3. The van der Waals surface area contributed by atoms with E-state index >= 15 is 0 Å². The molecule has 6 nitrogen and oxygen atoms in total. The van der Waals surface area contributed by atoms with Crippen LogP contribution in [-0.2, 0) is 4.79 Å². The van der Waals surface area contributed by atoms with Crippen LogP contribution in [0.25, 0.3) is 10.4 Å². The van der Waals surface area contributed by atoms with E-state index in [0.29, 0.717) is 6.04 Å². The van der Waals surface area contributed by atoms with Crippen molar-refractivity contribution in [1.29, 1.82) is 0 Å². The highest BCUT2D eigenvalue weighted by Gasteiger charge is 2.18. The maximum absolute atomic E-state index is 10.3. The largest absolute Gasteiger partial charge is 0.481 e. The fourth-order valence-corrected chi connectivity index (χ4v) is 1.66. The van der Waals surface area contributed by atoms with Crippen LogP contribution < -0.4 is 5.73 Å².